The van der Waals surface area contributed by atoms with E-state index >= 15 is 0 Å². The Bertz CT molecular complexity index is 1160. The van der Waals surface area contributed by atoms with Crippen LogP contribution in [0, 0.1) is 0 Å². The van der Waals surface area contributed by atoms with Gasteiger partial charge in [0.05, 0.1) is 26.4 Å². The molecule has 0 radical (unpaired) electrons. The molecule has 7 N–H and O–H groups in total. The fourth-order valence-electron chi connectivity index (χ4n) is 8.02. The molecule has 11 atom stereocenters. The number of esters is 1. The maximum Gasteiger partial charge on any atom is 0.306 e. The number of rotatable bonds is 40. The molecular weight excluding hydrogens is 825 g/mol. The van der Waals surface area contributed by atoms with Crippen LogP contribution < -0.4 is 0 Å². The number of ether oxygens (including phenoxy) is 6. The summed E-state index contributed by atoms with van der Waals surface area (Å²) in [7, 11) is 0. The third kappa shape index (κ3) is 26.1. The van der Waals surface area contributed by atoms with E-state index in [0.29, 0.717) is 13.0 Å². The predicted octanol–water partition coefficient (Wildman–Crippen LogP) is 7.24. The molecule has 0 aromatic rings. The van der Waals surface area contributed by atoms with Gasteiger partial charge in [-0.3, -0.25) is 4.79 Å². The van der Waals surface area contributed by atoms with E-state index < -0.39 is 80.7 Å². The van der Waals surface area contributed by atoms with Crippen molar-refractivity contribution in [3.63, 3.8) is 0 Å². The number of aliphatic hydroxyl groups is 7. The summed E-state index contributed by atoms with van der Waals surface area (Å²) in [6.07, 6.45) is 24.1. The Morgan fingerprint density at radius 1 is 0.516 bits per heavy atom. The summed E-state index contributed by atoms with van der Waals surface area (Å²) in [6, 6.07) is 0. The third-order valence-corrected chi connectivity index (χ3v) is 12.2. The zero-order chi connectivity index (χ0) is 46.6. The van der Waals surface area contributed by atoms with Gasteiger partial charge in [0.1, 0.15) is 54.9 Å². The Balaban J connectivity index is 1.70. The Labute approximate surface area is 386 Å². The molecule has 0 aromatic heterocycles. The largest absolute Gasteiger partial charge is 0.457 e. The molecule has 2 aliphatic rings. The Hall–Kier alpha value is -1.53. The van der Waals surface area contributed by atoms with Crippen LogP contribution in [-0.2, 0) is 33.2 Å². The van der Waals surface area contributed by atoms with E-state index in [9.17, 15) is 40.5 Å². The molecule has 2 aliphatic heterocycles. The Morgan fingerprint density at radius 3 is 1.50 bits per heavy atom. The summed E-state index contributed by atoms with van der Waals surface area (Å²) >= 11 is 0. The molecule has 0 spiro atoms. The van der Waals surface area contributed by atoms with Gasteiger partial charge in [-0.2, -0.15) is 0 Å². The Kier molecular flexibility index (Phi) is 35.2. The molecular formula is C50H92O14. The molecule has 0 bridgehead atoms. The van der Waals surface area contributed by atoms with E-state index in [1.165, 1.54) is 116 Å². The first-order valence-electron chi connectivity index (χ1n) is 25.4. The minimum Gasteiger partial charge on any atom is -0.457 e. The molecule has 0 aliphatic carbocycles. The van der Waals surface area contributed by atoms with Gasteiger partial charge in [0.2, 0.25) is 0 Å². The van der Waals surface area contributed by atoms with Crippen LogP contribution in [0.15, 0.2) is 24.3 Å². The summed E-state index contributed by atoms with van der Waals surface area (Å²) in [4.78, 5) is 12.9. The second-order valence-corrected chi connectivity index (χ2v) is 18.0. The van der Waals surface area contributed by atoms with Crippen LogP contribution in [0.5, 0.6) is 0 Å². The van der Waals surface area contributed by atoms with E-state index in [-0.39, 0.29) is 25.6 Å². The quantitative estimate of drug-likeness (QED) is 0.0184. The number of allylic oxidation sites excluding steroid dienone is 4. The summed E-state index contributed by atoms with van der Waals surface area (Å²) in [5, 5.41) is 71.9. The van der Waals surface area contributed by atoms with Crippen molar-refractivity contribution in [3.05, 3.63) is 24.3 Å². The minimum absolute atomic E-state index is 0.0624. The molecule has 0 aromatic carbocycles. The molecule has 376 valence electrons. The zero-order valence-electron chi connectivity index (χ0n) is 39.8. The normalized spacial score (nSPS) is 26.9. The molecule has 0 saturated carbocycles. The molecule has 0 amide bonds. The number of carbonyl (C=O) groups excluding carboxylic acids is 1. The lowest BCUT2D eigenvalue weighted by molar-refractivity contribution is -0.332. The average Bonchev–Trinajstić information content (AvgIpc) is 3.29. The SMILES string of the molecule is CCCCCCC/C=C\C/C=C\CCCCCCCCCCCCOCC(COC1OC(COC2OC(CO)C(O)C(O)C2O)C(O)C(O)C1O)OC(=O)CCCCCCCCCC. The van der Waals surface area contributed by atoms with E-state index in [0.717, 1.165) is 44.9 Å². The summed E-state index contributed by atoms with van der Waals surface area (Å²) in [5.41, 5.74) is 0. The predicted molar refractivity (Wildman–Crippen MR) is 247 cm³/mol. The smallest absolute Gasteiger partial charge is 0.306 e. The average molecular weight is 917 g/mol. The van der Waals surface area contributed by atoms with Crippen LogP contribution in [-0.4, -0.2) is 142 Å². The monoisotopic (exact) mass is 917 g/mol. The lowest BCUT2D eigenvalue weighted by Gasteiger charge is -2.42. The second-order valence-electron chi connectivity index (χ2n) is 18.0. The van der Waals surface area contributed by atoms with Crippen LogP contribution >= 0.6 is 0 Å². The van der Waals surface area contributed by atoms with E-state index in [2.05, 4.69) is 38.2 Å². The van der Waals surface area contributed by atoms with Crippen molar-refractivity contribution in [3.8, 4) is 0 Å². The maximum absolute atomic E-state index is 12.9. The van der Waals surface area contributed by atoms with Crippen molar-refractivity contribution in [2.45, 2.75) is 255 Å². The fraction of sp³-hybridized carbons (Fsp3) is 0.900. The second kappa shape index (κ2) is 38.4. The number of hydrogen-bond acceptors (Lipinski definition) is 14. The fourth-order valence-corrected chi connectivity index (χ4v) is 8.02. The van der Waals surface area contributed by atoms with E-state index in [1.807, 2.05) is 0 Å². The van der Waals surface area contributed by atoms with Crippen molar-refractivity contribution in [1.29, 1.82) is 0 Å². The van der Waals surface area contributed by atoms with Crippen molar-refractivity contribution in [1.82, 2.24) is 0 Å². The van der Waals surface area contributed by atoms with Gasteiger partial charge in [-0.05, 0) is 44.9 Å². The first kappa shape index (κ1) is 58.6. The molecule has 2 saturated heterocycles. The van der Waals surface area contributed by atoms with Gasteiger partial charge < -0.3 is 64.2 Å². The highest BCUT2D eigenvalue weighted by atomic mass is 16.7. The van der Waals surface area contributed by atoms with Gasteiger partial charge in [-0.1, -0.05) is 160 Å². The van der Waals surface area contributed by atoms with Crippen LogP contribution in [0.2, 0.25) is 0 Å². The van der Waals surface area contributed by atoms with Crippen LogP contribution in [0.25, 0.3) is 0 Å². The standard InChI is InChI=1S/C50H92O14/c1-3-5-7-9-11-13-14-15-16-17-18-19-20-21-22-23-24-25-26-28-30-32-34-59-36-39(62-42(52)33-31-29-27-12-10-8-6-4-2)37-60-49-48(58)46(56)44(54)41(64-49)38-61-50-47(57)45(55)43(53)40(35-51)63-50/h14-15,17-18,39-41,43-51,53-58H,3-13,16,19-38H2,1-2H3/b15-14-,18-17-. The van der Waals surface area contributed by atoms with Gasteiger partial charge in [-0.15, -0.1) is 0 Å². The summed E-state index contributed by atoms with van der Waals surface area (Å²) in [5.74, 6) is -0.381. The molecule has 64 heavy (non-hydrogen) atoms. The topological polar surface area (TPSA) is 214 Å². The molecule has 14 heteroatoms. The minimum atomic E-state index is -1.70. The third-order valence-electron chi connectivity index (χ3n) is 12.2. The van der Waals surface area contributed by atoms with Crippen LogP contribution in [0.1, 0.15) is 187 Å². The summed E-state index contributed by atoms with van der Waals surface area (Å²) < 4.78 is 34.2. The van der Waals surface area contributed by atoms with E-state index in [4.69, 9.17) is 28.4 Å². The van der Waals surface area contributed by atoms with Crippen molar-refractivity contribution in [2.24, 2.45) is 0 Å². The van der Waals surface area contributed by atoms with Crippen LogP contribution in [0.3, 0.4) is 0 Å². The highest BCUT2D eigenvalue weighted by Gasteiger charge is 2.47. The highest BCUT2D eigenvalue weighted by molar-refractivity contribution is 5.69. The van der Waals surface area contributed by atoms with Gasteiger partial charge >= 0.3 is 5.97 Å². The lowest BCUT2D eigenvalue weighted by atomic mass is 9.98. The first-order chi connectivity index (χ1) is 31.1. The van der Waals surface area contributed by atoms with E-state index in [1.54, 1.807) is 0 Å². The van der Waals surface area contributed by atoms with Gasteiger partial charge in [-0.25, -0.2) is 0 Å². The van der Waals surface area contributed by atoms with Crippen molar-refractivity contribution >= 4 is 5.97 Å². The number of aliphatic hydroxyl groups excluding tert-OH is 7. The maximum atomic E-state index is 12.9. The molecule has 2 fully saturated rings. The molecule has 14 nitrogen and oxygen atoms in total. The van der Waals surface area contributed by atoms with Crippen molar-refractivity contribution < 1.29 is 69.0 Å². The van der Waals surface area contributed by atoms with Crippen molar-refractivity contribution in [2.75, 3.05) is 33.0 Å². The lowest BCUT2D eigenvalue weighted by Crippen LogP contribution is -2.61. The van der Waals surface area contributed by atoms with Gasteiger partial charge in [0.25, 0.3) is 0 Å². The number of carbonyl (C=O) groups is 1. The van der Waals surface area contributed by atoms with Gasteiger partial charge in [0.15, 0.2) is 12.6 Å². The van der Waals surface area contributed by atoms with Gasteiger partial charge in [0, 0.05) is 13.0 Å². The number of hydrogen-bond donors (Lipinski definition) is 7. The Morgan fingerprint density at radius 2 is 0.969 bits per heavy atom. The molecule has 11 unspecified atom stereocenters. The molecule has 2 heterocycles. The zero-order valence-corrected chi connectivity index (χ0v) is 39.8. The number of unbranched alkanes of at least 4 members (excludes halogenated alkanes) is 22. The highest BCUT2D eigenvalue weighted by Crippen LogP contribution is 2.26. The first-order valence-corrected chi connectivity index (χ1v) is 25.4. The van der Waals surface area contributed by atoms with Crippen LogP contribution in [0.4, 0.5) is 0 Å². The summed E-state index contributed by atoms with van der Waals surface area (Å²) in [6.45, 7) is 3.64. The molecule has 2 rings (SSSR count).